The van der Waals surface area contributed by atoms with E-state index in [1.165, 1.54) is 0 Å². The molecule has 0 bridgehead atoms. The van der Waals surface area contributed by atoms with E-state index in [9.17, 15) is 4.79 Å². The van der Waals surface area contributed by atoms with Gasteiger partial charge < -0.3 is 14.4 Å². The Bertz CT molecular complexity index is 597. The molecule has 0 aliphatic carbocycles. The van der Waals surface area contributed by atoms with Crippen LogP contribution in [-0.2, 0) is 9.53 Å². The smallest absolute Gasteiger partial charge is 0.334 e. The van der Waals surface area contributed by atoms with Gasteiger partial charge in [0.2, 0.25) is 0 Å². The Kier molecular flexibility index (Phi) is 4.19. The van der Waals surface area contributed by atoms with Crippen molar-refractivity contribution < 1.29 is 14.3 Å². The van der Waals surface area contributed by atoms with E-state index in [-0.39, 0.29) is 5.97 Å². The Morgan fingerprint density at radius 3 is 3.10 bits per heavy atom. The molecular formula is C16H18BrNO3. The zero-order valence-electron chi connectivity index (χ0n) is 12.0. The van der Waals surface area contributed by atoms with E-state index in [1.54, 1.807) is 0 Å². The predicted octanol–water partition coefficient (Wildman–Crippen LogP) is 3.39. The van der Waals surface area contributed by atoms with Gasteiger partial charge in [0.05, 0.1) is 18.8 Å². The molecule has 0 atom stereocenters. The number of nitrogens with zero attached hydrogens (tertiary/aromatic N) is 1. The number of carbonyl (C=O) groups excluding carboxylic acids is 1. The average molecular weight is 352 g/mol. The number of hydrogen-bond acceptors (Lipinski definition) is 4. The molecule has 4 nitrogen and oxygen atoms in total. The molecule has 112 valence electrons. The maximum absolute atomic E-state index is 12.1. The summed E-state index contributed by atoms with van der Waals surface area (Å²) in [5.74, 6) is 0.670. The van der Waals surface area contributed by atoms with E-state index in [4.69, 9.17) is 9.47 Å². The predicted molar refractivity (Wildman–Crippen MR) is 85.7 cm³/mol. The van der Waals surface area contributed by atoms with Gasteiger partial charge in [-0.15, -0.1) is 0 Å². The van der Waals surface area contributed by atoms with Crippen molar-refractivity contribution in [2.45, 2.75) is 19.8 Å². The van der Waals surface area contributed by atoms with Crippen LogP contribution in [0.4, 0.5) is 5.69 Å². The molecule has 0 amide bonds. The lowest BCUT2D eigenvalue weighted by Gasteiger charge is -2.34. The number of rotatable bonds is 2. The summed E-state index contributed by atoms with van der Waals surface area (Å²) in [7, 11) is 0. The molecule has 5 heteroatoms. The van der Waals surface area contributed by atoms with Gasteiger partial charge in [-0.05, 0) is 38.0 Å². The second-order valence-electron chi connectivity index (χ2n) is 5.17. The topological polar surface area (TPSA) is 38.8 Å². The molecule has 0 aromatic heterocycles. The minimum absolute atomic E-state index is 0.212. The van der Waals surface area contributed by atoms with Gasteiger partial charge in [0.1, 0.15) is 12.4 Å². The lowest BCUT2D eigenvalue weighted by molar-refractivity contribution is -0.138. The fraction of sp³-hybridized carbons (Fsp3) is 0.438. The molecule has 0 unspecified atom stereocenters. The van der Waals surface area contributed by atoms with Crippen molar-refractivity contribution in [2.24, 2.45) is 0 Å². The second kappa shape index (κ2) is 6.10. The highest BCUT2D eigenvalue weighted by atomic mass is 79.9. The van der Waals surface area contributed by atoms with E-state index in [2.05, 4.69) is 20.8 Å². The Morgan fingerprint density at radius 2 is 2.29 bits per heavy atom. The molecule has 0 spiro atoms. The molecule has 0 radical (unpaired) electrons. The van der Waals surface area contributed by atoms with E-state index >= 15 is 0 Å². The Balaban J connectivity index is 2.08. The van der Waals surface area contributed by atoms with Gasteiger partial charge in [-0.2, -0.15) is 0 Å². The van der Waals surface area contributed by atoms with Gasteiger partial charge in [0.25, 0.3) is 0 Å². The first kappa shape index (κ1) is 14.4. The molecule has 21 heavy (non-hydrogen) atoms. The number of benzene rings is 1. The van der Waals surface area contributed by atoms with Crippen molar-refractivity contribution in [2.75, 3.05) is 31.2 Å². The summed E-state index contributed by atoms with van der Waals surface area (Å²) in [6, 6.07) is 4.02. The number of carbonyl (C=O) groups is 1. The number of anilines is 1. The lowest BCUT2D eigenvalue weighted by Crippen LogP contribution is -2.34. The SMILES string of the molecule is CCOC(=O)/C1=C/c2cc(Br)cc3c2N(CCC1)CCO3. The van der Waals surface area contributed by atoms with Crippen molar-refractivity contribution in [1.29, 1.82) is 0 Å². The molecule has 1 aromatic carbocycles. The third-order valence-corrected chi connectivity index (χ3v) is 4.20. The number of hydrogen-bond donors (Lipinski definition) is 0. The van der Waals surface area contributed by atoms with Crippen LogP contribution in [0.1, 0.15) is 25.3 Å². The third-order valence-electron chi connectivity index (χ3n) is 3.75. The number of ether oxygens (including phenoxy) is 2. The normalized spacial score (nSPS) is 19.5. The first-order valence-corrected chi connectivity index (χ1v) is 8.07. The Morgan fingerprint density at radius 1 is 1.43 bits per heavy atom. The molecule has 2 heterocycles. The standard InChI is InChI=1S/C16H18BrNO3/c1-2-20-16(19)11-4-3-5-18-6-7-21-14-10-13(17)9-12(8-11)15(14)18/h8-10H,2-7H2,1H3/b11-8+. The maximum Gasteiger partial charge on any atom is 0.334 e. The maximum atomic E-state index is 12.1. The van der Waals surface area contributed by atoms with Gasteiger partial charge in [-0.25, -0.2) is 4.79 Å². The second-order valence-corrected chi connectivity index (χ2v) is 6.09. The first-order valence-electron chi connectivity index (χ1n) is 7.28. The molecule has 0 fully saturated rings. The minimum atomic E-state index is -0.212. The summed E-state index contributed by atoms with van der Waals surface area (Å²) in [5.41, 5.74) is 2.84. The summed E-state index contributed by atoms with van der Waals surface area (Å²) in [6.45, 7) is 4.77. The number of esters is 1. The summed E-state index contributed by atoms with van der Waals surface area (Å²) in [4.78, 5) is 14.4. The van der Waals surface area contributed by atoms with Gasteiger partial charge in [-0.3, -0.25) is 0 Å². The summed E-state index contributed by atoms with van der Waals surface area (Å²) in [6.07, 6.45) is 3.64. The van der Waals surface area contributed by atoms with Crippen molar-refractivity contribution in [3.05, 3.63) is 27.7 Å². The highest BCUT2D eigenvalue weighted by Crippen LogP contribution is 2.40. The zero-order valence-corrected chi connectivity index (χ0v) is 13.6. The number of halogens is 1. The third kappa shape index (κ3) is 2.93. The van der Waals surface area contributed by atoms with Crippen LogP contribution in [0.15, 0.2) is 22.2 Å². The molecule has 1 aromatic rings. The summed E-state index contributed by atoms with van der Waals surface area (Å²) < 4.78 is 11.9. The van der Waals surface area contributed by atoms with Crippen LogP contribution in [0.5, 0.6) is 5.75 Å². The van der Waals surface area contributed by atoms with E-state index in [1.807, 2.05) is 25.1 Å². The van der Waals surface area contributed by atoms with Crippen LogP contribution in [0, 0.1) is 0 Å². The molecule has 2 aliphatic heterocycles. The highest BCUT2D eigenvalue weighted by molar-refractivity contribution is 9.10. The molecular weight excluding hydrogens is 334 g/mol. The van der Waals surface area contributed by atoms with Crippen molar-refractivity contribution in [3.63, 3.8) is 0 Å². The van der Waals surface area contributed by atoms with Gasteiger partial charge in [-0.1, -0.05) is 15.9 Å². The zero-order chi connectivity index (χ0) is 14.8. The first-order chi connectivity index (χ1) is 10.2. The van der Waals surface area contributed by atoms with E-state index < -0.39 is 0 Å². The largest absolute Gasteiger partial charge is 0.490 e. The van der Waals surface area contributed by atoms with Crippen LogP contribution in [0.2, 0.25) is 0 Å². The quantitative estimate of drug-likeness (QED) is 0.765. The van der Waals surface area contributed by atoms with Gasteiger partial charge >= 0.3 is 5.97 Å². The van der Waals surface area contributed by atoms with Crippen LogP contribution in [0.25, 0.3) is 6.08 Å². The lowest BCUT2D eigenvalue weighted by atomic mass is 10.00. The minimum Gasteiger partial charge on any atom is -0.490 e. The Labute approximate surface area is 132 Å². The molecule has 0 saturated carbocycles. The van der Waals surface area contributed by atoms with E-state index in [0.29, 0.717) is 13.2 Å². The average Bonchev–Trinajstić information content (AvgIpc) is 2.43. The molecule has 3 rings (SSSR count). The monoisotopic (exact) mass is 351 g/mol. The summed E-state index contributed by atoms with van der Waals surface area (Å²) in [5, 5.41) is 0. The molecule has 0 saturated heterocycles. The fourth-order valence-corrected chi connectivity index (χ4v) is 3.31. The molecule has 0 N–H and O–H groups in total. The van der Waals surface area contributed by atoms with Crippen LogP contribution in [-0.4, -0.2) is 32.3 Å². The fourth-order valence-electron chi connectivity index (χ4n) is 2.86. The summed E-state index contributed by atoms with van der Waals surface area (Å²) >= 11 is 3.51. The van der Waals surface area contributed by atoms with Crippen molar-refractivity contribution >= 4 is 33.7 Å². The van der Waals surface area contributed by atoms with E-state index in [0.717, 1.165) is 53.0 Å². The van der Waals surface area contributed by atoms with Gasteiger partial charge in [0, 0.05) is 22.2 Å². The van der Waals surface area contributed by atoms with Crippen LogP contribution >= 0.6 is 15.9 Å². The van der Waals surface area contributed by atoms with Gasteiger partial charge in [0.15, 0.2) is 0 Å². The highest BCUT2D eigenvalue weighted by Gasteiger charge is 2.24. The van der Waals surface area contributed by atoms with Crippen LogP contribution in [0.3, 0.4) is 0 Å². The Hall–Kier alpha value is -1.49. The molecule has 2 aliphatic rings. The van der Waals surface area contributed by atoms with Crippen molar-refractivity contribution in [1.82, 2.24) is 0 Å². The van der Waals surface area contributed by atoms with Crippen molar-refractivity contribution in [3.8, 4) is 5.75 Å². The van der Waals surface area contributed by atoms with Crippen LogP contribution < -0.4 is 9.64 Å².